The van der Waals surface area contributed by atoms with Gasteiger partial charge in [0.05, 0.1) is 6.61 Å². The Balaban J connectivity index is 2.36. The summed E-state index contributed by atoms with van der Waals surface area (Å²) in [7, 11) is -5.09. The van der Waals surface area contributed by atoms with Crippen molar-refractivity contribution in [1.29, 1.82) is 0 Å². The number of hydrogen-bond acceptors (Lipinski definition) is 12. The second-order valence-corrected chi connectivity index (χ2v) is 14.5. The summed E-state index contributed by atoms with van der Waals surface area (Å²) >= 11 is 0. The van der Waals surface area contributed by atoms with Gasteiger partial charge in [-0.05, 0) is 38.5 Å². The molecule has 288 valence electrons. The lowest BCUT2D eigenvalue weighted by Gasteiger charge is -2.41. The zero-order valence-electron chi connectivity index (χ0n) is 29.7. The third-order valence-electron chi connectivity index (χ3n) is 8.61. The summed E-state index contributed by atoms with van der Waals surface area (Å²) in [5, 5.41) is 49.6. The van der Waals surface area contributed by atoms with Crippen molar-refractivity contribution in [2.24, 2.45) is 0 Å². The molecule has 0 amide bonds. The fourth-order valence-electron chi connectivity index (χ4n) is 5.49. The van der Waals surface area contributed by atoms with Gasteiger partial charge in [-0.3, -0.25) is 18.6 Å². The lowest BCUT2D eigenvalue weighted by atomic mass is 9.85. The smallest absolute Gasteiger partial charge is 0.462 e. The molecule has 1 fully saturated rings. The summed E-state index contributed by atoms with van der Waals surface area (Å²) < 4.78 is 32.8. The van der Waals surface area contributed by atoms with Crippen LogP contribution in [0.15, 0.2) is 12.2 Å². The predicted octanol–water partition coefficient (Wildman–Crippen LogP) is 5.16. The monoisotopic (exact) mass is 724 g/mol. The molecule has 1 saturated carbocycles. The van der Waals surface area contributed by atoms with Gasteiger partial charge >= 0.3 is 19.8 Å². The van der Waals surface area contributed by atoms with Crippen LogP contribution in [0.2, 0.25) is 0 Å². The molecule has 6 N–H and O–H groups in total. The number of unbranched alkanes of at least 4 members (excludes halogenated alkanes) is 15. The Morgan fingerprint density at radius 3 is 1.59 bits per heavy atom. The van der Waals surface area contributed by atoms with E-state index >= 15 is 0 Å². The van der Waals surface area contributed by atoms with Crippen LogP contribution in [0.4, 0.5) is 0 Å². The first-order chi connectivity index (χ1) is 23.4. The fourth-order valence-corrected chi connectivity index (χ4v) is 6.47. The van der Waals surface area contributed by atoms with Crippen LogP contribution in [0, 0.1) is 0 Å². The summed E-state index contributed by atoms with van der Waals surface area (Å²) in [6.07, 6.45) is 11.6. The number of aliphatic hydroxyl groups excluding tert-OH is 5. The van der Waals surface area contributed by atoms with E-state index in [0.717, 1.165) is 38.5 Å². The molecule has 13 nitrogen and oxygen atoms in total. The van der Waals surface area contributed by atoms with Crippen molar-refractivity contribution in [2.75, 3.05) is 13.2 Å². The molecule has 0 aromatic heterocycles. The van der Waals surface area contributed by atoms with Crippen molar-refractivity contribution in [3.05, 3.63) is 12.2 Å². The van der Waals surface area contributed by atoms with Gasteiger partial charge in [-0.2, -0.15) is 0 Å². The second-order valence-electron chi connectivity index (χ2n) is 13.1. The van der Waals surface area contributed by atoms with Gasteiger partial charge in [-0.1, -0.05) is 103 Å². The average Bonchev–Trinajstić information content (AvgIpc) is 3.08. The van der Waals surface area contributed by atoms with Crippen LogP contribution in [0.1, 0.15) is 142 Å². The van der Waals surface area contributed by atoms with Crippen molar-refractivity contribution in [2.45, 2.75) is 185 Å². The minimum atomic E-state index is -5.09. The highest BCUT2D eigenvalue weighted by atomic mass is 31.2. The molecule has 0 aromatic rings. The Labute approximate surface area is 293 Å². The Morgan fingerprint density at radius 2 is 1.06 bits per heavy atom. The van der Waals surface area contributed by atoms with Gasteiger partial charge < -0.3 is 39.9 Å². The van der Waals surface area contributed by atoms with Crippen LogP contribution >= 0.6 is 7.82 Å². The molecule has 6 atom stereocenters. The predicted molar refractivity (Wildman–Crippen MR) is 184 cm³/mol. The third-order valence-corrected chi connectivity index (χ3v) is 9.59. The fraction of sp³-hybridized carbons (Fsp3) is 0.886. The van der Waals surface area contributed by atoms with Gasteiger partial charge in [0, 0.05) is 12.8 Å². The molecule has 49 heavy (non-hydrogen) atoms. The van der Waals surface area contributed by atoms with E-state index in [4.69, 9.17) is 18.5 Å². The largest absolute Gasteiger partial charge is 0.472 e. The SMILES string of the molecule is CCCCCCCCC/C=C\CCCCCCCCCC(=O)OC(COC(=O)CCCC)COP(=O)(O)OC1C(O)C(O)C(O)C(O)C1O. The molecular formula is C35H65O13P. The van der Waals surface area contributed by atoms with Gasteiger partial charge in [-0.25, -0.2) is 4.57 Å². The molecule has 6 unspecified atom stereocenters. The van der Waals surface area contributed by atoms with Gasteiger partial charge in [-0.15, -0.1) is 0 Å². The first-order valence-electron chi connectivity index (χ1n) is 18.5. The number of aliphatic hydroxyl groups is 5. The molecule has 1 aliphatic rings. The normalized spacial score (nSPS) is 24.5. The van der Waals surface area contributed by atoms with E-state index in [1.54, 1.807) is 0 Å². The van der Waals surface area contributed by atoms with Crippen molar-refractivity contribution in [3.63, 3.8) is 0 Å². The molecule has 0 saturated heterocycles. The molecular weight excluding hydrogens is 659 g/mol. The number of hydrogen-bond donors (Lipinski definition) is 6. The molecule has 0 radical (unpaired) electrons. The summed E-state index contributed by atoms with van der Waals surface area (Å²) in [5.74, 6) is -1.14. The summed E-state index contributed by atoms with van der Waals surface area (Å²) in [6.45, 7) is 2.97. The van der Waals surface area contributed by atoms with Crippen molar-refractivity contribution >= 4 is 19.8 Å². The molecule has 0 aromatic carbocycles. The highest BCUT2D eigenvalue weighted by Gasteiger charge is 2.51. The molecule has 0 aliphatic heterocycles. The summed E-state index contributed by atoms with van der Waals surface area (Å²) in [6, 6.07) is 0. The minimum Gasteiger partial charge on any atom is -0.462 e. The van der Waals surface area contributed by atoms with Crippen molar-refractivity contribution in [3.8, 4) is 0 Å². The molecule has 14 heteroatoms. The first-order valence-corrected chi connectivity index (χ1v) is 20.0. The maximum atomic E-state index is 12.6. The summed E-state index contributed by atoms with van der Waals surface area (Å²) in [4.78, 5) is 34.8. The number of esters is 2. The summed E-state index contributed by atoms with van der Waals surface area (Å²) in [5.41, 5.74) is 0. The Bertz CT molecular complexity index is 932. The van der Waals surface area contributed by atoms with Gasteiger partial charge in [0.25, 0.3) is 0 Å². The number of phosphoric acid groups is 1. The zero-order valence-corrected chi connectivity index (χ0v) is 30.6. The number of rotatable bonds is 29. The average molecular weight is 725 g/mol. The molecule has 0 heterocycles. The number of phosphoric ester groups is 1. The van der Waals surface area contributed by atoms with Crippen LogP contribution in [0.3, 0.4) is 0 Å². The van der Waals surface area contributed by atoms with E-state index in [-0.39, 0.29) is 12.8 Å². The van der Waals surface area contributed by atoms with E-state index < -0.39 is 75.7 Å². The van der Waals surface area contributed by atoms with Gasteiger partial charge in [0.1, 0.15) is 43.2 Å². The van der Waals surface area contributed by atoms with Gasteiger partial charge in [0.15, 0.2) is 6.10 Å². The van der Waals surface area contributed by atoms with Crippen LogP contribution < -0.4 is 0 Å². The molecule has 1 rings (SSSR count). The topological polar surface area (TPSA) is 210 Å². The van der Waals surface area contributed by atoms with E-state index in [1.165, 1.54) is 64.2 Å². The van der Waals surface area contributed by atoms with Gasteiger partial charge in [0.2, 0.25) is 0 Å². The highest BCUT2D eigenvalue weighted by Crippen LogP contribution is 2.47. The number of carbonyl (C=O) groups is 2. The number of carbonyl (C=O) groups excluding carboxylic acids is 2. The first kappa shape index (κ1) is 45.6. The number of allylic oxidation sites excluding steroid dienone is 2. The maximum absolute atomic E-state index is 12.6. The van der Waals surface area contributed by atoms with E-state index in [0.29, 0.717) is 12.8 Å². The Kier molecular flexibility index (Phi) is 25.4. The van der Waals surface area contributed by atoms with E-state index in [1.807, 2.05) is 6.92 Å². The Morgan fingerprint density at radius 1 is 0.612 bits per heavy atom. The van der Waals surface area contributed by atoms with Crippen LogP contribution in [0.5, 0.6) is 0 Å². The lowest BCUT2D eigenvalue weighted by Crippen LogP contribution is -2.64. The molecule has 0 spiro atoms. The van der Waals surface area contributed by atoms with Crippen molar-refractivity contribution in [1.82, 2.24) is 0 Å². The standard InChI is InChI=1S/C35H65O13P/c1-3-5-7-8-9-10-11-12-13-14-15-16-17-18-19-20-21-22-24-29(37)47-27(25-45-28(36)23-6-4-2)26-46-49(43,44)48-35-33(41)31(39)30(38)32(40)34(35)42/h13-14,27,30-35,38-42H,3-12,15-26H2,1-2H3,(H,43,44)/b14-13-. The number of ether oxygens (including phenoxy) is 2. The Hall–Kier alpha value is -1.41. The molecule has 1 aliphatic carbocycles. The van der Waals surface area contributed by atoms with Crippen LogP contribution in [-0.4, -0.2) is 98.3 Å². The van der Waals surface area contributed by atoms with Crippen LogP contribution in [-0.2, 0) is 32.7 Å². The quantitative estimate of drug-likeness (QED) is 0.0255. The second kappa shape index (κ2) is 27.3. The van der Waals surface area contributed by atoms with E-state index in [9.17, 15) is 44.6 Å². The van der Waals surface area contributed by atoms with Crippen LogP contribution in [0.25, 0.3) is 0 Å². The maximum Gasteiger partial charge on any atom is 0.472 e. The van der Waals surface area contributed by atoms with E-state index in [2.05, 4.69) is 19.1 Å². The minimum absolute atomic E-state index is 0.0929. The lowest BCUT2D eigenvalue weighted by molar-refractivity contribution is -0.220. The highest BCUT2D eigenvalue weighted by molar-refractivity contribution is 7.47. The van der Waals surface area contributed by atoms with Crippen molar-refractivity contribution < 1.29 is 63.1 Å². The molecule has 0 bridgehead atoms. The third kappa shape index (κ3) is 20.9. The zero-order chi connectivity index (χ0) is 36.5.